The van der Waals surface area contributed by atoms with Crippen LogP contribution in [0.1, 0.15) is 12.5 Å². The molecule has 1 rings (SSSR count). The van der Waals surface area contributed by atoms with Gasteiger partial charge in [0, 0.05) is 23.9 Å². The van der Waals surface area contributed by atoms with Crippen molar-refractivity contribution in [2.24, 2.45) is 0 Å². The van der Waals surface area contributed by atoms with Gasteiger partial charge in [-0.15, -0.1) is 0 Å². The summed E-state index contributed by atoms with van der Waals surface area (Å²) in [5.41, 5.74) is 0.636. The predicted molar refractivity (Wildman–Crippen MR) is 72.8 cm³/mol. The molecule has 0 saturated heterocycles. The summed E-state index contributed by atoms with van der Waals surface area (Å²) in [6.45, 7) is 1.59. The number of carbonyl (C=O) groups excluding carboxylic acids is 1. The summed E-state index contributed by atoms with van der Waals surface area (Å²) in [6.07, 6.45) is 2.52. The van der Waals surface area contributed by atoms with Crippen LogP contribution in [-0.4, -0.2) is 32.9 Å². The third kappa shape index (κ3) is 5.65. The van der Waals surface area contributed by atoms with Gasteiger partial charge in [-0.1, -0.05) is 18.2 Å². The second kappa shape index (κ2) is 6.47. The molecule has 0 aromatic heterocycles. The molecule has 0 aliphatic rings. The van der Waals surface area contributed by atoms with Gasteiger partial charge >= 0.3 is 0 Å². The minimum atomic E-state index is -3.11. The first-order chi connectivity index (χ1) is 8.79. The SMILES string of the molecule is C/C(=C\c1ccccc1F)C(=O)NCCS(C)(=O)=O. The largest absolute Gasteiger partial charge is 0.351 e. The fourth-order valence-electron chi connectivity index (χ4n) is 1.38. The van der Waals surface area contributed by atoms with Gasteiger partial charge in [-0.25, -0.2) is 12.8 Å². The minimum Gasteiger partial charge on any atom is -0.351 e. The van der Waals surface area contributed by atoms with Crippen LogP contribution in [0.3, 0.4) is 0 Å². The van der Waals surface area contributed by atoms with E-state index in [1.165, 1.54) is 12.1 Å². The summed E-state index contributed by atoms with van der Waals surface area (Å²) in [5.74, 6) is -0.941. The van der Waals surface area contributed by atoms with Crippen LogP contribution in [0.2, 0.25) is 0 Å². The molecule has 4 nitrogen and oxygen atoms in total. The van der Waals surface area contributed by atoms with Gasteiger partial charge in [0.2, 0.25) is 5.91 Å². The van der Waals surface area contributed by atoms with E-state index in [1.807, 2.05) is 0 Å². The lowest BCUT2D eigenvalue weighted by Crippen LogP contribution is -2.29. The van der Waals surface area contributed by atoms with Crippen LogP contribution < -0.4 is 5.32 Å². The second-order valence-electron chi connectivity index (χ2n) is 4.23. The molecule has 1 amide bonds. The highest BCUT2D eigenvalue weighted by molar-refractivity contribution is 7.90. The molecule has 0 spiro atoms. The van der Waals surface area contributed by atoms with Gasteiger partial charge in [0.25, 0.3) is 0 Å². The molecule has 0 fully saturated rings. The van der Waals surface area contributed by atoms with Gasteiger partial charge in [0.05, 0.1) is 5.75 Å². The summed E-state index contributed by atoms with van der Waals surface area (Å²) in [5, 5.41) is 2.47. The number of benzene rings is 1. The van der Waals surface area contributed by atoms with Crippen molar-refractivity contribution in [1.82, 2.24) is 5.32 Å². The molecule has 19 heavy (non-hydrogen) atoms. The highest BCUT2D eigenvalue weighted by Crippen LogP contribution is 2.11. The zero-order valence-electron chi connectivity index (χ0n) is 10.8. The van der Waals surface area contributed by atoms with Gasteiger partial charge in [-0.2, -0.15) is 0 Å². The summed E-state index contributed by atoms with van der Waals surface area (Å²) in [6, 6.07) is 6.10. The summed E-state index contributed by atoms with van der Waals surface area (Å²) in [4.78, 5) is 11.6. The Kier molecular flexibility index (Phi) is 5.23. The van der Waals surface area contributed by atoms with Crippen molar-refractivity contribution in [3.8, 4) is 0 Å². The minimum absolute atomic E-state index is 0.0418. The lowest BCUT2D eigenvalue weighted by atomic mass is 10.1. The zero-order chi connectivity index (χ0) is 14.5. The Morgan fingerprint density at radius 1 is 1.37 bits per heavy atom. The maximum atomic E-state index is 13.4. The standard InChI is InChI=1S/C13H16FNO3S/c1-10(9-11-5-3-4-6-12(11)14)13(16)15-7-8-19(2,17)18/h3-6,9H,7-8H2,1-2H3,(H,15,16)/b10-9+. The fraction of sp³-hybridized carbons (Fsp3) is 0.308. The highest BCUT2D eigenvalue weighted by atomic mass is 32.2. The molecule has 6 heteroatoms. The van der Waals surface area contributed by atoms with E-state index in [9.17, 15) is 17.6 Å². The molecule has 0 atom stereocenters. The van der Waals surface area contributed by atoms with E-state index < -0.39 is 21.6 Å². The average Bonchev–Trinajstić information content (AvgIpc) is 2.30. The Morgan fingerprint density at radius 2 is 2.00 bits per heavy atom. The Labute approximate surface area is 112 Å². The third-order valence-electron chi connectivity index (χ3n) is 2.39. The number of halogens is 1. The Morgan fingerprint density at radius 3 is 2.58 bits per heavy atom. The third-order valence-corrected chi connectivity index (χ3v) is 3.34. The van der Waals surface area contributed by atoms with Crippen LogP contribution in [0.5, 0.6) is 0 Å². The van der Waals surface area contributed by atoms with Gasteiger partial charge in [-0.3, -0.25) is 4.79 Å². The maximum Gasteiger partial charge on any atom is 0.246 e. The molecule has 0 radical (unpaired) electrons. The number of hydrogen-bond acceptors (Lipinski definition) is 3. The smallest absolute Gasteiger partial charge is 0.246 e. The van der Waals surface area contributed by atoms with Gasteiger partial charge in [-0.05, 0) is 19.1 Å². The Balaban J connectivity index is 2.65. The summed E-state index contributed by atoms with van der Waals surface area (Å²) < 4.78 is 35.2. The second-order valence-corrected chi connectivity index (χ2v) is 6.49. The molecule has 1 N–H and O–H groups in total. The fourth-order valence-corrected chi connectivity index (χ4v) is 1.85. The van der Waals surface area contributed by atoms with Crippen molar-refractivity contribution in [1.29, 1.82) is 0 Å². The normalized spacial score (nSPS) is 12.3. The molecule has 0 bridgehead atoms. The molecule has 0 heterocycles. The predicted octanol–water partition coefficient (Wildman–Crippen LogP) is 1.39. The lowest BCUT2D eigenvalue weighted by molar-refractivity contribution is -0.117. The molecule has 104 valence electrons. The first-order valence-electron chi connectivity index (χ1n) is 5.68. The molecule has 0 saturated carbocycles. The number of hydrogen-bond donors (Lipinski definition) is 1. The monoisotopic (exact) mass is 285 g/mol. The van der Waals surface area contributed by atoms with E-state index >= 15 is 0 Å². The molecular formula is C13H16FNO3S. The van der Waals surface area contributed by atoms with Gasteiger partial charge in [0.1, 0.15) is 15.7 Å². The van der Waals surface area contributed by atoms with Gasteiger partial charge < -0.3 is 5.32 Å². The Hall–Kier alpha value is -1.69. The van der Waals surface area contributed by atoms with E-state index in [0.29, 0.717) is 11.1 Å². The average molecular weight is 285 g/mol. The molecule has 1 aromatic rings. The number of rotatable bonds is 5. The van der Waals surface area contributed by atoms with Crippen LogP contribution in [0.15, 0.2) is 29.8 Å². The van der Waals surface area contributed by atoms with E-state index in [2.05, 4.69) is 5.32 Å². The zero-order valence-corrected chi connectivity index (χ0v) is 11.6. The van der Waals surface area contributed by atoms with E-state index in [-0.39, 0.29) is 12.3 Å². The first-order valence-corrected chi connectivity index (χ1v) is 7.74. The van der Waals surface area contributed by atoms with Crippen molar-refractivity contribution in [2.75, 3.05) is 18.6 Å². The Bertz CT molecular complexity index is 594. The number of carbonyl (C=O) groups is 1. The molecule has 0 aliphatic heterocycles. The molecule has 1 aromatic carbocycles. The van der Waals surface area contributed by atoms with Crippen molar-refractivity contribution >= 4 is 21.8 Å². The number of amides is 1. The summed E-state index contributed by atoms with van der Waals surface area (Å²) in [7, 11) is -3.11. The molecule has 0 unspecified atom stereocenters. The van der Waals surface area contributed by atoms with Crippen molar-refractivity contribution in [3.63, 3.8) is 0 Å². The number of sulfone groups is 1. The summed E-state index contributed by atoms with van der Waals surface area (Å²) >= 11 is 0. The van der Waals surface area contributed by atoms with E-state index in [0.717, 1.165) is 6.26 Å². The van der Waals surface area contributed by atoms with Crippen LogP contribution >= 0.6 is 0 Å². The van der Waals surface area contributed by atoms with Crippen LogP contribution in [0.25, 0.3) is 6.08 Å². The topological polar surface area (TPSA) is 63.2 Å². The van der Waals surface area contributed by atoms with Crippen molar-refractivity contribution in [2.45, 2.75) is 6.92 Å². The van der Waals surface area contributed by atoms with E-state index in [1.54, 1.807) is 25.1 Å². The van der Waals surface area contributed by atoms with Crippen molar-refractivity contribution in [3.05, 3.63) is 41.2 Å². The van der Waals surface area contributed by atoms with Crippen LogP contribution in [0, 0.1) is 5.82 Å². The van der Waals surface area contributed by atoms with Crippen molar-refractivity contribution < 1.29 is 17.6 Å². The maximum absolute atomic E-state index is 13.4. The lowest BCUT2D eigenvalue weighted by Gasteiger charge is -2.05. The van der Waals surface area contributed by atoms with E-state index in [4.69, 9.17) is 0 Å². The molecular weight excluding hydrogens is 269 g/mol. The quantitative estimate of drug-likeness (QED) is 0.832. The van der Waals surface area contributed by atoms with Gasteiger partial charge in [0.15, 0.2) is 0 Å². The van der Waals surface area contributed by atoms with Crippen LogP contribution in [0.4, 0.5) is 4.39 Å². The number of nitrogens with one attached hydrogen (secondary N) is 1. The molecule has 0 aliphatic carbocycles. The highest BCUT2D eigenvalue weighted by Gasteiger charge is 2.07. The first kappa shape index (κ1) is 15.4. The van der Waals surface area contributed by atoms with Crippen LogP contribution in [-0.2, 0) is 14.6 Å².